The van der Waals surface area contributed by atoms with Gasteiger partial charge in [-0.2, -0.15) is 0 Å². The SMILES string of the molecule is CNS(=O)(=O)c1cc(C(=O)NCCc2cc(C)ccc2OC)ccc1Cl. The minimum absolute atomic E-state index is 0.0559. The monoisotopic (exact) mass is 396 g/mol. The summed E-state index contributed by atoms with van der Waals surface area (Å²) in [4.78, 5) is 12.2. The summed E-state index contributed by atoms with van der Waals surface area (Å²) < 4.78 is 31.4. The second kappa shape index (κ2) is 8.53. The molecule has 0 atom stereocenters. The quantitative estimate of drug-likeness (QED) is 0.753. The molecule has 0 aliphatic carbocycles. The summed E-state index contributed by atoms with van der Waals surface area (Å²) in [7, 11) is -0.854. The number of sulfonamides is 1. The van der Waals surface area contributed by atoms with Crippen molar-refractivity contribution in [2.24, 2.45) is 0 Å². The fourth-order valence-electron chi connectivity index (χ4n) is 2.48. The molecule has 0 bridgehead atoms. The molecule has 0 spiro atoms. The Morgan fingerprint density at radius 1 is 1.19 bits per heavy atom. The van der Waals surface area contributed by atoms with E-state index < -0.39 is 10.0 Å². The minimum atomic E-state index is -3.74. The van der Waals surface area contributed by atoms with E-state index in [9.17, 15) is 13.2 Å². The first kappa shape index (κ1) is 20.2. The predicted octanol–water partition coefficient (Wildman–Crippen LogP) is 2.54. The zero-order valence-corrected chi connectivity index (χ0v) is 16.4. The molecule has 1 amide bonds. The van der Waals surface area contributed by atoms with Gasteiger partial charge in [-0.1, -0.05) is 29.3 Å². The van der Waals surface area contributed by atoms with Crippen LogP contribution in [0.4, 0.5) is 0 Å². The molecule has 0 aliphatic rings. The van der Waals surface area contributed by atoms with Crippen molar-refractivity contribution in [1.29, 1.82) is 0 Å². The van der Waals surface area contributed by atoms with E-state index in [4.69, 9.17) is 16.3 Å². The van der Waals surface area contributed by atoms with Gasteiger partial charge in [-0.3, -0.25) is 4.79 Å². The Kier molecular flexibility index (Phi) is 6.63. The van der Waals surface area contributed by atoms with Crippen molar-refractivity contribution in [3.05, 3.63) is 58.1 Å². The molecular weight excluding hydrogens is 376 g/mol. The molecular formula is C18H21ClN2O4S. The van der Waals surface area contributed by atoms with E-state index in [0.29, 0.717) is 13.0 Å². The summed E-state index contributed by atoms with van der Waals surface area (Å²) in [5, 5.41) is 2.84. The van der Waals surface area contributed by atoms with Crippen molar-refractivity contribution < 1.29 is 17.9 Å². The van der Waals surface area contributed by atoms with Crippen LogP contribution in [0.15, 0.2) is 41.3 Å². The van der Waals surface area contributed by atoms with Crippen molar-refractivity contribution in [3.63, 3.8) is 0 Å². The highest BCUT2D eigenvalue weighted by atomic mass is 35.5. The second-order valence-corrected chi connectivity index (χ2v) is 7.94. The van der Waals surface area contributed by atoms with Crippen LogP contribution in [0.3, 0.4) is 0 Å². The van der Waals surface area contributed by atoms with Gasteiger partial charge in [0.1, 0.15) is 10.6 Å². The molecule has 0 saturated heterocycles. The van der Waals surface area contributed by atoms with Gasteiger partial charge in [-0.05, 0) is 50.2 Å². The third kappa shape index (κ3) is 4.75. The Bertz CT molecular complexity index is 913. The number of aryl methyl sites for hydroxylation is 1. The molecule has 2 aromatic carbocycles. The molecule has 0 fully saturated rings. The third-order valence-electron chi connectivity index (χ3n) is 3.87. The van der Waals surface area contributed by atoms with E-state index in [2.05, 4.69) is 10.0 Å². The number of carbonyl (C=O) groups excluding carboxylic acids is 1. The summed E-state index contributed by atoms with van der Waals surface area (Å²) in [6.07, 6.45) is 0.589. The number of ether oxygens (including phenoxy) is 1. The number of hydrogen-bond donors (Lipinski definition) is 2. The van der Waals surface area contributed by atoms with Crippen LogP contribution < -0.4 is 14.8 Å². The van der Waals surface area contributed by atoms with E-state index >= 15 is 0 Å². The number of methoxy groups -OCH3 is 1. The number of benzene rings is 2. The van der Waals surface area contributed by atoms with Crippen molar-refractivity contribution in [1.82, 2.24) is 10.0 Å². The van der Waals surface area contributed by atoms with Crippen molar-refractivity contribution in [2.75, 3.05) is 20.7 Å². The molecule has 8 heteroatoms. The van der Waals surface area contributed by atoms with Crippen molar-refractivity contribution in [3.8, 4) is 5.75 Å². The Balaban J connectivity index is 2.10. The average molecular weight is 397 g/mol. The van der Waals surface area contributed by atoms with Gasteiger partial charge in [0, 0.05) is 12.1 Å². The van der Waals surface area contributed by atoms with Gasteiger partial charge in [0.05, 0.1) is 12.1 Å². The molecule has 6 nitrogen and oxygen atoms in total. The van der Waals surface area contributed by atoms with Gasteiger partial charge in [-0.25, -0.2) is 13.1 Å². The number of amides is 1. The molecule has 0 radical (unpaired) electrons. The highest BCUT2D eigenvalue weighted by molar-refractivity contribution is 7.89. The number of rotatable bonds is 7. The molecule has 0 aliphatic heterocycles. The Hall–Kier alpha value is -2.09. The minimum Gasteiger partial charge on any atom is -0.496 e. The molecule has 2 N–H and O–H groups in total. The van der Waals surface area contributed by atoms with Crippen molar-refractivity contribution in [2.45, 2.75) is 18.2 Å². The van der Waals surface area contributed by atoms with Gasteiger partial charge < -0.3 is 10.1 Å². The first-order valence-corrected chi connectivity index (χ1v) is 9.79. The summed E-state index contributed by atoms with van der Waals surface area (Å²) in [6, 6.07) is 9.99. The maximum atomic E-state index is 12.3. The lowest BCUT2D eigenvalue weighted by Gasteiger charge is -2.11. The van der Waals surface area contributed by atoms with Crippen LogP contribution in [0.25, 0.3) is 0 Å². The summed E-state index contributed by atoms with van der Waals surface area (Å²) >= 11 is 5.93. The van der Waals surface area contributed by atoms with Crippen LogP contribution in [0.1, 0.15) is 21.5 Å². The molecule has 0 heterocycles. The molecule has 26 heavy (non-hydrogen) atoms. The van der Waals surface area contributed by atoms with E-state index in [1.807, 2.05) is 25.1 Å². The highest BCUT2D eigenvalue weighted by Crippen LogP contribution is 2.23. The van der Waals surface area contributed by atoms with E-state index in [0.717, 1.165) is 16.9 Å². The topological polar surface area (TPSA) is 84.5 Å². The third-order valence-corrected chi connectivity index (χ3v) is 5.76. The standard InChI is InChI=1S/C18H21ClN2O4S/c1-12-4-7-16(25-3)13(10-12)8-9-21-18(22)14-5-6-15(19)17(11-14)26(23,24)20-2/h4-7,10-11,20H,8-9H2,1-3H3,(H,21,22). The predicted molar refractivity (Wildman–Crippen MR) is 101 cm³/mol. The van der Waals surface area contributed by atoms with Crippen LogP contribution in [-0.2, 0) is 16.4 Å². The summed E-state index contributed by atoms with van der Waals surface area (Å²) in [6.45, 7) is 2.37. The van der Waals surface area contributed by atoms with Crippen molar-refractivity contribution >= 4 is 27.5 Å². The van der Waals surface area contributed by atoms with Gasteiger partial charge in [0.2, 0.25) is 10.0 Å². The fourth-order valence-corrected chi connectivity index (χ4v) is 3.73. The first-order valence-electron chi connectivity index (χ1n) is 7.93. The number of carbonyl (C=O) groups is 1. The van der Waals surface area contributed by atoms with Crippen LogP contribution in [-0.4, -0.2) is 35.0 Å². The number of halogens is 1. The first-order chi connectivity index (χ1) is 12.3. The smallest absolute Gasteiger partial charge is 0.251 e. The Labute approximate surface area is 158 Å². The molecule has 2 aromatic rings. The van der Waals surface area contributed by atoms with Crippen LogP contribution in [0.5, 0.6) is 5.75 Å². The fraction of sp³-hybridized carbons (Fsp3) is 0.278. The largest absolute Gasteiger partial charge is 0.496 e. The van der Waals surface area contributed by atoms with Crippen LogP contribution in [0.2, 0.25) is 5.02 Å². The summed E-state index contributed by atoms with van der Waals surface area (Å²) in [5.41, 5.74) is 2.31. The van der Waals surface area contributed by atoms with Crippen LogP contribution in [0, 0.1) is 6.92 Å². The van der Waals surface area contributed by atoms with Gasteiger partial charge in [0.25, 0.3) is 5.91 Å². The average Bonchev–Trinajstić information content (AvgIpc) is 2.62. The Morgan fingerprint density at radius 3 is 2.58 bits per heavy atom. The molecule has 0 aromatic heterocycles. The van der Waals surface area contributed by atoms with E-state index in [1.54, 1.807) is 7.11 Å². The lowest BCUT2D eigenvalue weighted by molar-refractivity contribution is 0.0954. The van der Waals surface area contributed by atoms with Gasteiger partial charge >= 0.3 is 0 Å². The number of hydrogen-bond acceptors (Lipinski definition) is 4. The lowest BCUT2D eigenvalue weighted by atomic mass is 10.1. The molecule has 0 saturated carbocycles. The number of nitrogens with one attached hydrogen (secondary N) is 2. The van der Waals surface area contributed by atoms with Gasteiger partial charge in [0.15, 0.2) is 0 Å². The van der Waals surface area contributed by atoms with Gasteiger partial charge in [-0.15, -0.1) is 0 Å². The highest BCUT2D eigenvalue weighted by Gasteiger charge is 2.18. The van der Waals surface area contributed by atoms with Crippen LogP contribution >= 0.6 is 11.6 Å². The molecule has 0 unspecified atom stereocenters. The second-order valence-electron chi connectivity index (χ2n) is 5.67. The van der Waals surface area contributed by atoms with E-state index in [1.165, 1.54) is 25.2 Å². The maximum Gasteiger partial charge on any atom is 0.251 e. The zero-order chi connectivity index (χ0) is 19.3. The van der Waals surface area contributed by atoms with E-state index in [-0.39, 0.29) is 21.4 Å². The Morgan fingerprint density at radius 2 is 1.92 bits per heavy atom. The lowest BCUT2D eigenvalue weighted by Crippen LogP contribution is -2.26. The molecule has 140 valence electrons. The molecule has 2 rings (SSSR count). The maximum absolute atomic E-state index is 12.3. The normalized spacial score (nSPS) is 11.2. The summed E-state index contributed by atoms with van der Waals surface area (Å²) in [5.74, 6) is 0.389. The zero-order valence-electron chi connectivity index (χ0n) is 14.8.